The smallest absolute Gasteiger partial charge is 0.323 e. The molecule has 24 heavy (non-hydrogen) atoms. The number of carbonyl (C=O) groups is 2. The second-order valence-corrected chi connectivity index (χ2v) is 8.00. The highest BCUT2D eigenvalue weighted by Crippen LogP contribution is 2.20. The van der Waals surface area contributed by atoms with Crippen molar-refractivity contribution >= 4 is 11.9 Å². The number of rotatable bonds is 8. The number of nitrogens with one attached hydrogen (secondary N) is 2. The molecule has 1 aliphatic rings. The Kier molecular flexibility index (Phi) is 8.16. The molecule has 0 aliphatic carbocycles. The molecule has 0 aromatic carbocycles. The summed E-state index contributed by atoms with van der Waals surface area (Å²) in [6.07, 6.45) is 5.85. The first-order chi connectivity index (χ1) is 11.1. The van der Waals surface area contributed by atoms with Crippen molar-refractivity contribution in [3.63, 3.8) is 0 Å². The Labute approximate surface area is 146 Å². The van der Waals surface area contributed by atoms with Gasteiger partial charge < -0.3 is 21.1 Å². The average Bonchev–Trinajstić information content (AvgIpc) is 2.77. The van der Waals surface area contributed by atoms with Crippen molar-refractivity contribution in [2.45, 2.75) is 103 Å². The monoisotopic (exact) mass is 341 g/mol. The van der Waals surface area contributed by atoms with Crippen molar-refractivity contribution in [1.29, 1.82) is 0 Å². The standard InChI is InChI=1S/C18H35N3O3/c1-12(20-13(2)22)9-7-6-8-10-15-14(19)11-16(21-15)17(23)24-18(3,4)5/h12,14-16,21H,6-11,19H2,1-5H3,(H,20,22)/t12-,14+,15-,16+/m0/s1. The van der Waals surface area contributed by atoms with E-state index in [9.17, 15) is 9.59 Å². The molecule has 1 saturated heterocycles. The summed E-state index contributed by atoms with van der Waals surface area (Å²) in [7, 11) is 0. The summed E-state index contributed by atoms with van der Waals surface area (Å²) in [6, 6.07) is 0.117. The van der Waals surface area contributed by atoms with Gasteiger partial charge >= 0.3 is 5.97 Å². The summed E-state index contributed by atoms with van der Waals surface area (Å²) in [5.41, 5.74) is 5.70. The fraction of sp³-hybridized carbons (Fsp3) is 0.889. The number of amides is 1. The zero-order valence-corrected chi connectivity index (χ0v) is 15.9. The molecule has 4 atom stereocenters. The summed E-state index contributed by atoms with van der Waals surface area (Å²) >= 11 is 0. The maximum Gasteiger partial charge on any atom is 0.323 e. The van der Waals surface area contributed by atoms with E-state index in [0.29, 0.717) is 6.42 Å². The van der Waals surface area contributed by atoms with Gasteiger partial charge in [-0.15, -0.1) is 0 Å². The molecule has 1 heterocycles. The van der Waals surface area contributed by atoms with Crippen molar-refractivity contribution in [3.8, 4) is 0 Å². The molecule has 1 rings (SSSR count). The summed E-state index contributed by atoms with van der Waals surface area (Å²) in [6.45, 7) is 9.20. The Balaban J connectivity index is 2.22. The van der Waals surface area contributed by atoms with Crippen LogP contribution in [0, 0.1) is 0 Å². The van der Waals surface area contributed by atoms with Crippen LogP contribution in [-0.2, 0) is 14.3 Å². The predicted molar refractivity (Wildman–Crippen MR) is 95.5 cm³/mol. The molecule has 0 aromatic rings. The van der Waals surface area contributed by atoms with Gasteiger partial charge in [-0.1, -0.05) is 19.3 Å². The maximum absolute atomic E-state index is 12.1. The highest BCUT2D eigenvalue weighted by atomic mass is 16.6. The van der Waals surface area contributed by atoms with Crippen LogP contribution in [-0.4, -0.2) is 41.6 Å². The summed E-state index contributed by atoms with van der Waals surface area (Å²) in [5, 5.41) is 6.23. The fourth-order valence-corrected chi connectivity index (χ4v) is 3.13. The molecule has 0 saturated carbocycles. The van der Waals surface area contributed by atoms with Gasteiger partial charge in [0.15, 0.2) is 0 Å². The zero-order chi connectivity index (χ0) is 18.3. The Morgan fingerprint density at radius 3 is 2.54 bits per heavy atom. The fourth-order valence-electron chi connectivity index (χ4n) is 3.13. The molecular weight excluding hydrogens is 306 g/mol. The molecule has 6 nitrogen and oxygen atoms in total. The van der Waals surface area contributed by atoms with E-state index in [1.165, 1.54) is 0 Å². The third-order valence-electron chi connectivity index (χ3n) is 4.23. The third kappa shape index (κ3) is 8.11. The Morgan fingerprint density at radius 1 is 1.29 bits per heavy atom. The molecule has 6 heteroatoms. The van der Waals surface area contributed by atoms with Gasteiger partial charge in [0.1, 0.15) is 11.6 Å². The van der Waals surface area contributed by atoms with Crippen LogP contribution in [0.25, 0.3) is 0 Å². The molecule has 140 valence electrons. The quantitative estimate of drug-likeness (QED) is 0.463. The molecule has 0 aromatic heterocycles. The van der Waals surface area contributed by atoms with Crippen molar-refractivity contribution in [1.82, 2.24) is 10.6 Å². The van der Waals surface area contributed by atoms with Gasteiger partial charge in [0, 0.05) is 25.0 Å². The van der Waals surface area contributed by atoms with Crippen LogP contribution in [0.1, 0.15) is 73.1 Å². The van der Waals surface area contributed by atoms with Crippen molar-refractivity contribution in [3.05, 3.63) is 0 Å². The van der Waals surface area contributed by atoms with E-state index in [1.807, 2.05) is 27.7 Å². The minimum absolute atomic E-state index is 0.000761. The van der Waals surface area contributed by atoms with E-state index < -0.39 is 5.60 Å². The van der Waals surface area contributed by atoms with Crippen molar-refractivity contribution in [2.24, 2.45) is 5.73 Å². The van der Waals surface area contributed by atoms with E-state index in [-0.39, 0.29) is 36.0 Å². The minimum atomic E-state index is -0.467. The number of hydrogen-bond donors (Lipinski definition) is 3. The van der Waals surface area contributed by atoms with Gasteiger partial charge in [0.05, 0.1) is 0 Å². The van der Waals surface area contributed by atoms with Gasteiger partial charge in [0.25, 0.3) is 0 Å². The van der Waals surface area contributed by atoms with Crippen LogP contribution < -0.4 is 16.4 Å². The molecule has 0 radical (unpaired) electrons. The molecule has 0 spiro atoms. The lowest BCUT2D eigenvalue weighted by atomic mass is 10.0. The van der Waals surface area contributed by atoms with Crippen LogP contribution >= 0.6 is 0 Å². The average molecular weight is 341 g/mol. The molecular formula is C18H35N3O3. The Hall–Kier alpha value is -1.14. The van der Waals surface area contributed by atoms with Crippen LogP contribution in [0.2, 0.25) is 0 Å². The van der Waals surface area contributed by atoms with E-state index >= 15 is 0 Å². The highest BCUT2D eigenvalue weighted by molar-refractivity contribution is 5.76. The van der Waals surface area contributed by atoms with Crippen LogP contribution in [0.5, 0.6) is 0 Å². The lowest BCUT2D eigenvalue weighted by Crippen LogP contribution is -2.41. The predicted octanol–water partition coefficient (Wildman–Crippen LogP) is 1.86. The molecule has 1 amide bonds. The normalized spacial score (nSPS) is 25.3. The summed E-state index contributed by atoms with van der Waals surface area (Å²) in [5.74, 6) is -0.179. The first kappa shape index (κ1) is 20.9. The summed E-state index contributed by atoms with van der Waals surface area (Å²) in [4.78, 5) is 23.1. The number of esters is 1. The topological polar surface area (TPSA) is 93.5 Å². The van der Waals surface area contributed by atoms with Crippen LogP contribution in [0.15, 0.2) is 0 Å². The molecule has 0 unspecified atom stereocenters. The summed E-state index contributed by atoms with van der Waals surface area (Å²) < 4.78 is 5.43. The van der Waals surface area contributed by atoms with Gasteiger partial charge in [-0.25, -0.2) is 0 Å². The number of hydrogen-bond acceptors (Lipinski definition) is 5. The SMILES string of the molecule is CC(=O)N[C@@H](C)CCCCC[C@@H]1N[C@@H](C(=O)OC(C)(C)C)C[C@H]1N. The van der Waals surface area contributed by atoms with Crippen LogP contribution in [0.3, 0.4) is 0 Å². The number of carbonyl (C=O) groups excluding carboxylic acids is 2. The third-order valence-corrected chi connectivity index (χ3v) is 4.23. The zero-order valence-electron chi connectivity index (χ0n) is 15.9. The van der Waals surface area contributed by atoms with Crippen molar-refractivity contribution in [2.75, 3.05) is 0 Å². The first-order valence-electron chi connectivity index (χ1n) is 9.10. The Morgan fingerprint density at radius 2 is 1.96 bits per heavy atom. The van der Waals surface area contributed by atoms with E-state index in [1.54, 1.807) is 6.92 Å². The first-order valence-corrected chi connectivity index (χ1v) is 9.10. The lowest BCUT2D eigenvalue weighted by molar-refractivity contribution is -0.157. The van der Waals surface area contributed by atoms with Gasteiger partial charge in [-0.05, 0) is 47.0 Å². The lowest BCUT2D eigenvalue weighted by Gasteiger charge is -2.22. The van der Waals surface area contributed by atoms with Gasteiger partial charge in [-0.2, -0.15) is 0 Å². The van der Waals surface area contributed by atoms with E-state index in [4.69, 9.17) is 10.5 Å². The number of nitrogens with two attached hydrogens (primary N) is 1. The van der Waals surface area contributed by atoms with Crippen molar-refractivity contribution < 1.29 is 14.3 Å². The second-order valence-electron chi connectivity index (χ2n) is 8.00. The highest BCUT2D eigenvalue weighted by Gasteiger charge is 2.36. The number of unbranched alkanes of at least 4 members (excludes halogenated alkanes) is 2. The molecule has 1 aliphatic heterocycles. The second kappa shape index (κ2) is 9.37. The maximum atomic E-state index is 12.1. The molecule has 1 fully saturated rings. The van der Waals surface area contributed by atoms with E-state index in [0.717, 1.165) is 32.1 Å². The Bertz CT molecular complexity index is 420. The van der Waals surface area contributed by atoms with Gasteiger partial charge in [0.2, 0.25) is 5.91 Å². The van der Waals surface area contributed by atoms with Crippen LogP contribution in [0.4, 0.5) is 0 Å². The van der Waals surface area contributed by atoms with Gasteiger partial charge in [-0.3, -0.25) is 9.59 Å². The number of ether oxygens (including phenoxy) is 1. The molecule has 0 bridgehead atoms. The largest absolute Gasteiger partial charge is 0.459 e. The minimum Gasteiger partial charge on any atom is -0.459 e. The molecule has 4 N–H and O–H groups in total. The van der Waals surface area contributed by atoms with E-state index in [2.05, 4.69) is 10.6 Å².